The Morgan fingerprint density at radius 2 is 2.33 bits per heavy atom. The molecule has 0 spiro atoms. The molecule has 0 saturated carbocycles. The normalized spacial score (nSPS) is 9.56. The summed E-state index contributed by atoms with van der Waals surface area (Å²) in [5.41, 5.74) is 1.08. The highest BCUT2D eigenvalue weighted by Crippen LogP contribution is 2.03. The first-order valence-electron chi connectivity index (χ1n) is 2.55. The van der Waals surface area contributed by atoms with Crippen molar-refractivity contribution >= 4 is 15.9 Å². The highest BCUT2D eigenvalue weighted by molar-refractivity contribution is 9.10. The number of nitrogens with zero attached hydrogens (tertiary/aromatic N) is 1. The second-order valence-corrected chi connectivity index (χ2v) is 2.67. The summed E-state index contributed by atoms with van der Waals surface area (Å²) in [6.45, 7) is 1.94. The van der Waals surface area contributed by atoms with E-state index in [1.807, 2.05) is 6.92 Å². The highest BCUT2D eigenvalue weighted by Gasteiger charge is 1.96. The van der Waals surface area contributed by atoms with E-state index in [4.69, 9.17) is 0 Å². The van der Waals surface area contributed by atoms with Gasteiger partial charge in [0.2, 0.25) is 0 Å². The van der Waals surface area contributed by atoms with Crippen molar-refractivity contribution in [3.63, 3.8) is 0 Å². The van der Waals surface area contributed by atoms with Crippen molar-refractivity contribution in [1.82, 2.24) is 0 Å². The van der Waals surface area contributed by atoms with Gasteiger partial charge in [-0.05, 0) is 12.5 Å². The molecule has 1 rings (SSSR count). The summed E-state index contributed by atoms with van der Waals surface area (Å²) in [6.07, 6.45) is 1.47. The lowest BCUT2D eigenvalue weighted by atomic mass is 10.3. The van der Waals surface area contributed by atoms with Crippen LogP contribution < -0.4 is 4.73 Å². The van der Waals surface area contributed by atoms with Crippen LogP contribution in [0.2, 0.25) is 0 Å². The summed E-state index contributed by atoms with van der Waals surface area (Å²) in [5, 5.41) is 10.6. The Morgan fingerprint density at radius 1 is 1.67 bits per heavy atom. The van der Waals surface area contributed by atoms with E-state index in [-0.39, 0.29) is 0 Å². The molecule has 0 aromatic carbocycles. The molecular formula is C6H6BrNO. The van der Waals surface area contributed by atoms with E-state index in [0.717, 1.165) is 10.3 Å². The summed E-state index contributed by atoms with van der Waals surface area (Å²) in [6, 6.07) is 3.53. The molecule has 0 N–H and O–H groups in total. The molecule has 0 atom stereocenters. The summed E-state index contributed by atoms with van der Waals surface area (Å²) < 4.78 is 1.33. The van der Waals surface area contributed by atoms with Crippen LogP contribution in [0.3, 0.4) is 0 Å². The van der Waals surface area contributed by atoms with Crippen molar-refractivity contribution in [2.75, 3.05) is 0 Å². The van der Waals surface area contributed by atoms with Gasteiger partial charge in [-0.1, -0.05) is 0 Å². The lowest BCUT2D eigenvalue weighted by Crippen LogP contribution is -2.26. The molecule has 2 nitrogen and oxygen atoms in total. The van der Waals surface area contributed by atoms with Crippen LogP contribution >= 0.6 is 15.9 Å². The van der Waals surface area contributed by atoms with Gasteiger partial charge < -0.3 is 5.21 Å². The first-order valence-corrected chi connectivity index (χ1v) is 3.35. The molecule has 1 aromatic heterocycles. The van der Waals surface area contributed by atoms with Crippen molar-refractivity contribution < 1.29 is 4.73 Å². The van der Waals surface area contributed by atoms with Crippen LogP contribution in [0.15, 0.2) is 22.9 Å². The van der Waals surface area contributed by atoms with Gasteiger partial charge in [-0.25, -0.2) is 0 Å². The molecular weight excluding hydrogens is 182 g/mol. The maximum Gasteiger partial charge on any atom is 0.259 e. The molecule has 0 fully saturated rings. The third kappa shape index (κ3) is 1.42. The van der Waals surface area contributed by atoms with E-state index < -0.39 is 0 Å². The molecule has 0 unspecified atom stereocenters. The second-order valence-electron chi connectivity index (χ2n) is 1.85. The van der Waals surface area contributed by atoms with Crippen molar-refractivity contribution in [3.05, 3.63) is 33.7 Å². The summed E-state index contributed by atoms with van der Waals surface area (Å²) in [7, 11) is 0. The van der Waals surface area contributed by atoms with Gasteiger partial charge in [-0.2, -0.15) is 4.73 Å². The number of aromatic nitrogens is 1. The van der Waals surface area contributed by atoms with E-state index >= 15 is 0 Å². The Hall–Kier alpha value is -0.570. The zero-order valence-corrected chi connectivity index (χ0v) is 6.55. The Bertz CT molecular complexity index is 224. The lowest BCUT2D eigenvalue weighted by molar-refractivity contribution is -0.617. The van der Waals surface area contributed by atoms with E-state index in [0.29, 0.717) is 4.60 Å². The summed E-state index contributed by atoms with van der Waals surface area (Å²) in [4.78, 5) is 0. The fourth-order valence-electron chi connectivity index (χ4n) is 0.556. The van der Waals surface area contributed by atoms with Gasteiger partial charge in [0.15, 0.2) is 6.20 Å². The molecule has 48 valence electrons. The third-order valence-electron chi connectivity index (χ3n) is 1.03. The largest absolute Gasteiger partial charge is 0.618 e. The minimum absolute atomic E-state index is 0.558. The first-order chi connectivity index (χ1) is 4.20. The predicted octanol–water partition coefficient (Wildman–Crippen LogP) is 1.39. The quantitative estimate of drug-likeness (QED) is 0.343. The molecule has 0 aliphatic carbocycles. The smallest absolute Gasteiger partial charge is 0.259 e. The van der Waals surface area contributed by atoms with E-state index in [2.05, 4.69) is 15.9 Å². The van der Waals surface area contributed by atoms with Crippen LogP contribution in [0.5, 0.6) is 0 Å². The van der Waals surface area contributed by atoms with E-state index in [1.54, 1.807) is 12.1 Å². The van der Waals surface area contributed by atoms with Gasteiger partial charge in [-0.3, -0.25) is 0 Å². The van der Waals surface area contributed by atoms with Crippen LogP contribution in [0, 0.1) is 12.1 Å². The fraction of sp³-hybridized carbons (Fsp3) is 0.167. The van der Waals surface area contributed by atoms with Crippen molar-refractivity contribution in [2.24, 2.45) is 0 Å². The van der Waals surface area contributed by atoms with Gasteiger partial charge in [0, 0.05) is 28.1 Å². The van der Waals surface area contributed by atoms with Crippen LogP contribution in [-0.2, 0) is 0 Å². The number of pyridine rings is 1. The first kappa shape index (κ1) is 6.55. The SMILES string of the molecule is Cc1cc[n+]([O-])c(Br)c1. The molecule has 3 heteroatoms. The lowest BCUT2D eigenvalue weighted by Gasteiger charge is -1.96. The maximum atomic E-state index is 10.6. The van der Waals surface area contributed by atoms with Gasteiger partial charge in [-0.15, -0.1) is 0 Å². The van der Waals surface area contributed by atoms with Gasteiger partial charge in [0.05, 0.1) is 0 Å². The molecule has 1 aromatic rings. The van der Waals surface area contributed by atoms with Crippen LogP contribution in [0.4, 0.5) is 0 Å². The Balaban J connectivity index is 3.17. The molecule has 0 aliphatic heterocycles. The molecule has 0 radical (unpaired) electrons. The predicted molar refractivity (Wildman–Crippen MR) is 37.8 cm³/mol. The Morgan fingerprint density at radius 3 is 2.78 bits per heavy atom. The van der Waals surface area contributed by atoms with Crippen LogP contribution in [0.1, 0.15) is 5.56 Å². The molecule has 0 amide bonds. The van der Waals surface area contributed by atoms with E-state index in [9.17, 15) is 5.21 Å². The minimum Gasteiger partial charge on any atom is -0.618 e. The zero-order valence-electron chi connectivity index (χ0n) is 4.97. The molecule has 9 heavy (non-hydrogen) atoms. The average molecular weight is 188 g/mol. The van der Waals surface area contributed by atoms with Crippen molar-refractivity contribution in [3.8, 4) is 0 Å². The number of rotatable bonds is 0. The summed E-state index contributed by atoms with van der Waals surface area (Å²) >= 11 is 3.10. The summed E-state index contributed by atoms with van der Waals surface area (Å²) in [5.74, 6) is 0. The second kappa shape index (κ2) is 2.35. The number of halogens is 1. The molecule has 0 saturated heterocycles. The van der Waals surface area contributed by atoms with Crippen molar-refractivity contribution in [1.29, 1.82) is 0 Å². The number of hydrogen-bond acceptors (Lipinski definition) is 1. The molecule has 0 aliphatic rings. The number of aryl methyl sites for hydroxylation is 1. The molecule has 0 bridgehead atoms. The van der Waals surface area contributed by atoms with Gasteiger partial charge >= 0.3 is 0 Å². The Labute approximate surface area is 61.8 Å². The van der Waals surface area contributed by atoms with E-state index in [1.165, 1.54) is 6.20 Å². The monoisotopic (exact) mass is 187 g/mol. The van der Waals surface area contributed by atoms with Gasteiger partial charge in [0.25, 0.3) is 4.60 Å². The Kier molecular flexibility index (Phi) is 1.71. The third-order valence-corrected chi connectivity index (χ3v) is 1.61. The average Bonchev–Trinajstić information content (AvgIpc) is 1.80. The van der Waals surface area contributed by atoms with Crippen LogP contribution in [-0.4, -0.2) is 0 Å². The van der Waals surface area contributed by atoms with Crippen molar-refractivity contribution in [2.45, 2.75) is 6.92 Å². The minimum atomic E-state index is 0.558. The standard InChI is InChI=1S/C6H6BrNO/c1-5-2-3-8(9)6(7)4-5/h2-4H,1H3. The maximum absolute atomic E-state index is 10.6. The van der Waals surface area contributed by atoms with Crippen LogP contribution in [0.25, 0.3) is 0 Å². The molecule has 1 heterocycles. The fourth-order valence-corrected chi connectivity index (χ4v) is 1.04. The zero-order chi connectivity index (χ0) is 6.85. The number of hydrogen-bond donors (Lipinski definition) is 0. The van der Waals surface area contributed by atoms with Gasteiger partial charge in [0.1, 0.15) is 0 Å². The highest BCUT2D eigenvalue weighted by atomic mass is 79.9. The topological polar surface area (TPSA) is 26.9 Å².